The van der Waals surface area contributed by atoms with E-state index >= 15 is 0 Å². The van der Waals surface area contributed by atoms with Gasteiger partial charge in [-0.15, -0.1) is 0 Å². The van der Waals surface area contributed by atoms with Crippen LogP contribution in [-0.2, 0) is 59.0 Å². The molecule has 0 aromatic carbocycles. The summed E-state index contributed by atoms with van der Waals surface area (Å²) < 4.78 is 0. The molecule has 0 aromatic rings. The first-order valence-corrected chi connectivity index (χ1v) is 3.44. The van der Waals surface area contributed by atoms with Crippen molar-refractivity contribution in [1.82, 2.24) is 0 Å². The molecule has 0 aliphatic heterocycles. The first kappa shape index (κ1) is 16.0. The second-order valence-electron chi connectivity index (χ2n) is 0.513. The molecule has 0 fully saturated rings. The van der Waals surface area contributed by atoms with Gasteiger partial charge in [0.15, 0.2) is 0 Å². The molecular formula is H3HgO3PSZn. The van der Waals surface area contributed by atoms with E-state index in [0.717, 1.165) is 0 Å². The molecule has 0 spiro atoms. The van der Waals surface area contributed by atoms with Gasteiger partial charge in [0.1, 0.15) is 0 Å². The molecule has 0 bridgehead atoms. The maximum absolute atomic E-state index is 7.56. The molecule has 0 atom stereocenters. The van der Waals surface area contributed by atoms with Crippen molar-refractivity contribution in [3.8, 4) is 0 Å². The monoisotopic (exact) mass is 380 g/mol. The van der Waals surface area contributed by atoms with Crippen LogP contribution in [0.1, 0.15) is 0 Å². The van der Waals surface area contributed by atoms with Gasteiger partial charge in [-0.1, -0.05) is 0 Å². The Morgan fingerprint density at radius 2 is 1.14 bits per heavy atom. The zero-order chi connectivity index (χ0) is 4.50. The van der Waals surface area contributed by atoms with Crippen LogP contribution >= 0.6 is 6.72 Å². The summed E-state index contributed by atoms with van der Waals surface area (Å²) in [4.78, 5) is 22.7. The van der Waals surface area contributed by atoms with Crippen LogP contribution in [0.15, 0.2) is 0 Å². The van der Waals surface area contributed by atoms with Crippen molar-refractivity contribution in [3.63, 3.8) is 0 Å². The van der Waals surface area contributed by atoms with Crippen LogP contribution in [0.2, 0.25) is 0 Å². The van der Waals surface area contributed by atoms with Crippen LogP contribution in [0.5, 0.6) is 0 Å². The van der Waals surface area contributed by atoms with Gasteiger partial charge in [-0.25, -0.2) is 0 Å². The molecule has 0 radical (unpaired) electrons. The Labute approximate surface area is 79.7 Å². The van der Waals surface area contributed by atoms with E-state index in [2.05, 4.69) is 11.8 Å². The van der Waals surface area contributed by atoms with Gasteiger partial charge in [-0.3, -0.25) is 0 Å². The Balaban J connectivity index is -0.0000000800. The zero-order valence-electron chi connectivity index (χ0n) is 3.61. The SMILES string of the molecule is OP(O)(O)=S.[Hg].[Zn]. The van der Waals surface area contributed by atoms with Crippen molar-refractivity contribution in [1.29, 1.82) is 0 Å². The topological polar surface area (TPSA) is 60.7 Å². The molecule has 0 aliphatic rings. The minimum Gasteiger partial charge on any atom is -0.325 e. The predicted molar refractivity (Wildman–Crippen MR) is 20.9 cm³/mol. The van der Waals surface area contributed by atoms with Gasteiger partial charge in [-0.05, 0) is 11.8 Å². The van der Waals surface area contributed by atoms with E-state index in [9.17, 15) is 0 Å². The molecule has 0 saturated carbocycles. The van der Waals surface area contributed by atoms with Crippen molar-refractivity contribution in [3.05, 3.63) is 0 Å². The van der Waals surface area contributed by atoms with E-state index in [1.54, 1.807) is 0 Å². The Morgan fingerprint density at radius 1 is 1.14 bits per heavy atom. The van der Waals surface area contributed by atoms with Crippen molar-refractivity contribution in [2.45, 2.75) is 0 Å². The summed E-state index contributed by atoms with van der Waals surface area (Å²) in [5.74, 6) is 0. The minimum absolute atomic E-state index is 0. The Hall–Kier alpha value is 2.09. The summed E-state index contributed by atoms with van der Waals surface area (Å²) >= 11 is 3.60. The second-order valence-corrected chi connectivity index (χ2v) is 3.01. The Morgan fingerprint density at radius 3 is 1.14 bits per heavy atom. The van der Waals surface area contributed by atoms with Gasteiger partial charge in [0.25, 0.3) is 0 Å². The van der Waals surface area contributed by atoms with E-state index < -0.39 is 6.72 Å². The first-order valence-electron chi connectivity index (χ1n) is 0.783. The fraction of sp³-hybridized carbons (Fsp3) is 0. The normalized spacial score (nSPS) is 8.43. The average Bonchev–Trinajstić information content (AvgIpc) is 0.722. The molecular weight excluding hydrogens is 377 g/mol. The van der Waals surface area contributed by atoms with E-state index in [1.807, 2.05) is 0 Å². The van der Waals surface area contributed by atoms with Gasteiger partial charge in [0.05, 0.1) is 0 Å². The fourth-order valence-electron chi connectivity index (χ4n) is 0. The molecule has 36 valence electrons. The van der Waals surface area contributed by atoms with Crippen LogP contribution in [0.4, 0.5) is 0 Å². The summed E-state index contributed by atoms with van der Waals surface area (Å²) in [6.07, 6.45) is 0. The summed E-state index contributed by atoms with van der Waals surface area (Å²) in [7, 11) is 0. The van der Waals surface area contributed by atoms with Gasteiger partial charge in [-0.2, -0.15) is 0 Å². The quantitative estimate of drug-likeness (QED) is 0.380. The molecule has 0 aromatic heterocycles. The standard InChI is InChI=1S/Hg.H3O3PS.Zn/c;1-4(2,3)5;/h;(H3,1,2,3,5);. The largest absolute Gasteiger partial charge is 0.325 e. The number of rotatable bonds is 0. The van der Waals surface area contributed by atoms with E-state index in [0.29, 0.717) is 0 Å². The van der Waals surface area contributed by atoms with Crippen LogP contribution in [0.25, 0.3) is 0 Å². The van der Waals surface area contributed by atoms with Crippen molar-refractivity contribution >= 4 is 18.5 Å². The van der Waals surface area contributed by atoms with Crippen LogP contribution in [0, 0.1) is 0 Å². The Kier molecular flexibility index (Phi) is 14.2. The smallest absolute Gasteiger partial charge is 0.319 e. The fourth-order valence-corrected chi connectivity index (χ4v) is 0. The summed E-state index contributed by atoms with van der Waals surface area (Å²) in [5.41, 5.74) is 0. The molecule has 3 nitrogen and oxygen atoms in total. The molecule has 0 saturated heterocycles. The molecule has 0 unspecified atom stereocenters. The van der Waals surface area contributed by atoms with Crippen LogP contribution < -0.4 is 0 Å². The van der Waals surface area contributed by atoms with Crippen LogP contribution in [-0.4, -0.2) is 14.7 Å². The average molecular weight is 380 g/mol. The second kappa shape index (κ2) is 6.21. The molecule has 0 heterocycles. The van der Waals surface area contributed by atoms with Gasteiger partial charge in [0.2, 0.25) is 0 Å². The zero-order valence-corrected chi connectivity index (χ0v) is 13.8. The van der Waals surface area contributed by atoms with Crippen molar-refractivity contribution < 1.29 is 61.8 Å². The third-order valence-electron chi connectivity index (χ3n) is 0. The molecule has 7 heavy (non-hydrogen) atoms. The molecule has 0 aliphatic carbocycles. The summed E-state index contributed by atoms with van der Waals surface area (Å²) in [5, 5.41) is 0. The minimum atomic E-state index is -3.81. The Bertz CT molecular complexity index is 61.1. The van der Waals surface area contributed by atoms with Gasteiger partial charge >= 0.3 is 6.72 Å². The van der Waals surface area contributed by atoms with Gasteiger partial charge in [0, 0.05) is 47.1 Å². The van der Waals surface area contributed by atoms with E-state index in [1.165, 1.54) is 0 Å². The molecule has 0 rings (SSSR count). The third-order valence-corrected chi connectivity index (χ3v) is 0. The predicted octanol–water partition coefficient (Wildman–Crippen LogP) is -0.817. The summed E-state index contributed by atoms with van der Waals surface area (Å²) in [6.45, 7) is -3.81. The van der Waals surface area contributed by atoms with Crippen molar-refractivity contribution in [2.75, 3.05) is 0 Å². The maximum Gasteiger partial charge on any atom is 0.319 e. The molecule has 7 heteroatoms. The summed E-state index contributed by atoms with van der Waals surface area (Å²) in [6, 6.07) is 0. The van der Waals surface area contributed by atoms with E-state index in [4.69, 9.17) is 14.7 Å². The number of hydrogen-bond donors (Lipinski definition) is 3. The molecule has 3 N–H and O–H groups in total. The van der Waals surface area contributed by atoms with Crippen LogP contribution in [0.3, 0.4) is 0 Å². The molecule has 0 amide bonds. The van der Waals surface area contributed by atoms with Gasteiger partial charge < -0.3 is 14.7 Å². The third kappa shape index (κ3) is 68.7. The van der Waals surface area contributed by atoms with E-state index in [-0.39, 0.29) is 47.1 Å². The maximum atomic E-state index is 7.56. The first-order chi connectivity index (χ1) is 2.00. The number of hydrogen-bond acceptors (Lipinski definition) is 1. The van der Waals surface area contributed by atoms with Crippen molar-refractivity contribution in [2.24, 2.45) is 0 Å².